The average molecular weight is 262 g/mol. The third-order valence-corrected chi connectivity index (χ3v) is 3.81. The minimum absolute atomic E-state index is 0.157. The summed E-state index contributed by atoms with van der Waals surface area (Å²) in [7, 11) is 0. The first-order chi connectivity index (χ1) is 9.15. The average Bonchev–Trinajstić information content (AvgIpc) is 2.46. The molecule has 1 amide bonds. The molecule has 0 radical (unpaired) electrons. The number of hydrogen-bond donors (Lipinski definition) is 1. The molecule has 1 aromatic carbocycles. The van der Waals surface area contributed by atoms with Gasteiger partial charge in [0, 0.05) is 31.4 Å². The number of carbonyl (C=O) groups is 1. The van der Waals surface area contributed by atoms with Gasteiger partial charge in [-0.3, -0.25) is 4.79 Å². The summed E-state index contributed by atoms with van der Waals surface area (Å²) >= 11 is 0. The van der Waals surface area contributed by atoms with Gasteiger partial charge in [0.05, 0.1) is 0 Å². The van der Waals surface area contributed by atoms with Crippen LogP contribution in [0.1, 0.15) is 18.9 Å². The van der Waals surface area contributed by atoms with Crippen LogP contribution >= 0.6 is 0 Å². The molecule has 104 valence electrons. The largest absolute Gasteiger partial charge is 0.387 e. The molecular formula is C15H22N2O2. The molecule has 0 spiro atoms. The maximum atomic E-state index is 11.7. The van der Waals surface area contributed by atoms with Gasteiger partial charge in [-0.2, -0.15) is 0 Å². The van der Waals surface area contributed by atoms with Gasteiger partial charge >= 0.3 is 0 Å². The topological polar surface area (TPSA) is 43.8 Å². The summed E-state index contributed by atoms with van der Waals surface area (Å²) in [5.74, 6) is -0.157. The first-order valence-electron chi connectivity index (χ1n) is 6.87. The summed E-state index contributed by atoms with van der Waals surface area (Å²) in [6, 6.07) is 8.68. The molecule has 1 N–H and O–H groups in total. The third-order valence-electron chi connectivity index (χ3n) is 3.81. The highest BCUT2D eigenvalue weighted by atomic mass is 16.3. The van der Waals surface area contributed by atoms with Crippen molar-refractivity contribution in [3.8, 4) is 0 Å². The van der Waals surface area contributed by atoms with E-state index in [-0.39, 0.29) is 18.6 Å². The van der Waals surface area contributed by atoms with E-state index in [2.05, 4.69) is 43.0 Å². The summed E-state index contributed by atoms with van der Waals surface area (Å²) in [6.45, 7) is 6.13. The second-order valence-electron chi connectivity index (χ2n) is 5.09. The summed E-state index contributed by atoms with van der Waals surface area (Å²) in [6.07, 6.45) is 0.911. The molecule has 1 aromatic rings. The minimum Gasteiger partial charge on any atom is -0.387 e. The van der Waals surface area contributed by atoms with Crippen molar-refractivity contribution in [2.24, 2.45) is 0 Å². The van der Waals surface area contributed by atoms with Crippen LogP contribution in [-0.2, 0) is 4.79 Å². The van der Waals surface area contributed by atoms with E-state index in [1.807, 2.05) is 4.90 Å². The number of benzene rings is 1. The molecule has 1 unspecified atom stereocenters. The van der Waals surface area contributed by atoms with Gasteiger partial charge in [0.25, 0.3) is 0 Å². The zero-order valence-corrected chi connectivity index (χ0v) is 11.7. The van der Waals surface area contributed by atoms with Crippen molar-refractivity contribution in [3.63, 3.8) is 0 Å². The second kappa shape index (κ2) is 6.06. The number of aryl methyl sites for hydroxylation is 1. The lowest BCUT2D eigenvalue weighted by Gasteiger charge is -2.42. The van der Waals surface area contributed by atoms with Crippen LogP contribution in [0.25, 0.3) is 0 Å². The Morgan fingerprint density at radius 3 is 2.58 bits per heavy atom. The fourth-order valence-corrected chi connectivity index (χ4v) is 2.61. The molecule has 1 atom stereocenters. The van der Waals surface area contributed by atoms with Gasteiger partial charge < -0.3 is 14.9 Å². The molecule has 0 bridgehead atoms. The van der Waals surface area contributed by atoms with Crippen LogP contribution < -0.4 is 4.90 Å². The molecule has 2 rings (SSSR count). The Labute approximate surface area is 114 Å². The van der Waals surface area contributed by atoms with Crippen LogP contribution in [0.2, 0.25) is 0 Å². The van der Waals surface area contributed by atoms with Crippen molar-refractivity contribution in [1.82, 2.24) is 4.90 Å². The minimum atomic E-state index is -0.388. The summed E-state index contributed by atoms with van der Waals surface area (Å²) in [4.78, 5) is 15.8. The normalized spacial score (nSPS) is 19.6. The molecule has 1 saturated heterocycles. The molecule has 1 aliphatic rings. The molecule has 19 heavy (non-hydrogen) atoms. The predicted octanol–water partition coefficient (Wildman–Crippen LogP) is 1.41. The summed E-state index contributed by atoms with van der Waals surface area (Å²) in [5.41, 5.74) is 2.46. The Balaban J connectivity index is 2.08. The molecular weight excluding hydrogens is 240 g/mol. The lowest BCUT2D eigenvalue weighted by molar-refractivity contribution is -0.137. The van der Waals surface area contributed by atoms with E-state index < -0.39 is 0 Å². The van der Waals surface area contributed by atoms with Crippen molar-refractivity contribution in [2.75, 3.05) is 31.1 Å². The standard InChI is InChI=1S/C15H22N2O2/c1-3-13-10-16(8-9-17(13)15(19)11-18)14-6-4-12(2)5-7-14/h4-7,13,18H,3,8-11H2,1-2H3. The first kappa shape index (κ1) is 13.9. The molecule has 4 nitrogen and oxygen atoms in total. The number of nitrogens with zero attached hydrogens (tertiary/aromatic N) is 2. The number of rotatable bonds is 3. The predicted molar refractivity (Wildman–Crippen MR) is 76.3 cm³/mol. The highest BCUT2D eigenvalue weighted by molar-refractivity contribution is 5.78. The van der Waals surface area contributed by atoms with E-state index in [1.165, 1.54) is 11.3 Å². The lowest BCUT2D eigenvalue weighted by Crippen LogP contribution is -2.55. The van der Waals surface area contributed by atoms with E-state index >= 15 is 0 Å². The van der Waals surface area contributed by atoms with E-state index in [9.17, 15) is 4.79 Å². The van der Waals surface area contributed by atoms with Crippen LogP contribution in [0.3, 0.4) is 0 Å². The van der Waals surface area contributed by atoms with Crippen LogP contribution in [0, 0.1) is 6.92 Å². The van der Waals surface area contributed by atoms with E-state index in [0.717, 1.165) is 19.5 Å². The van der Waals surface area contributed by atoms with Crippen molar-refractivity contribution < 1.29 is 9.90 Å². The summed E-state index contributed by atoms with van der Waals surface area (Å²) in [5, 5.41) is 9.01. The monoisotopic (exact) mass is 262 g/mol. The van der Waals surface area contributed by atoms with Gasteiger partial charge in [-0.1, -0.05) is 24.6 Å². The van der Waals surface area contributed by atoms with E-state index in [0.29, 0.717) is 6.54 Å². The van der Waals surface area contributed by atoms with Crippen LogP contribution in [0.4, 0.5) is 5.69 Å². The van der Waals surface area contributed by atoms with E-state index in [4.69, 9.17) is 5.11 Å². The summed E-state index contributed by atoms with van der Waals surface area (Å²) < 4.78 is 0. The second-order valence-corrected chi connectivity index (χ2v) is 5.09. The number of anilines is 1. The fourth-order valence-electron chi connectivity index (χ4n) is 2.61. The number of piperazine rings is 1. The van der Waals surface area contributed by atoms with Crippen molar-refractivity contribution in [1.29, 1.82) is 0 Å². The van der Waals surface area contributed by atoms with Gasteiger partial charge in [0.2, 0.25) is 5.91 Å². The fraction of sp³-hybridized carbons (Fsp3) is 0.533. The Hall–Kier alpha value is -1.55. The van der Waals surface area contributed by atoms with Crippen molar-refractivity contribution in [3.05, 3.63) is 29.8 Å². The highest BCUT2D eigenvalue weighted by Crippen LogP contribution is 2.21. The number of aliphatic hydroxyl groups excluding tert-OH is 1. The number of amides is 1. The molecule has 1 fully saturated rings. The molecule has 4 heteroatoms. The van der Waals surface area contributed by atoms with Crippen LogP contribution in [0.15, 0.2) is 24.3 Å². The Morgan fingerprint density at radius 1 is 1.32 bits per heavy atom. The molecule has 0 saturated carbocycles. The lowest BCUT2D eigenvalue weighted by atomic mass is 10.1. The van der Waals surface area contributed by atoms with Gasteiger partial charge in [-0.05, 0) is 25.5 Å². The van der Waals surface area contributed by atoms with Crippen LogP contribution in [-0.4, -0.2) is 48.2 Å². The Morgan fingerprint density at radius 2 is 2.00 bits per heavy atom. The van der Waals surface area contributed by atoms with Crippen molar-refractivity contribution >= 4 is 11.6 Å². The maximum absolute atomic E-state index is 11.7. The van der Waals surface area contributed by atoms with Crippen LogP contribution in [0.5, 0.6) is 0 Å². The van der Waals surface area contributed by atoms with E-state index in [1.54, 1.807) is 0 Å². The number of hydrogen-bond acceptors (Lipinski definition) is 3. The Bertz CT molecular complexity index is 430. The smallest absolute Gasteiger partial charge is 0.248 e. The third kappa shape index (κ3) is 3.07. The molecule has 0 aromatic heterocycles. The first-order valence-corrected chi connectivity index (χ1v) is 6.87. The quantitative estimate of drug-likeness (QED) is 0.896. The van der Waals surface area contributed by atoms with Gasteiger partial charge in [-0.15, -0.1) is 0 Å². The maximum Gasteiger partial charge on any atom is 0.248 e. The van der Waals surface area contributed by atoms with Gasteiger partial charge in [-0.25, -0.2) is 0 Å². The SMILES string of the molecule is CCC1CN(c2ccc(C)cc2)CCN1C(=O)CO. The van der Waals surface area contributed by atoms with Crippen molar-refractivity contribution in [2.45, 2.75) is 26.3 Å². The molecule has 1 heterocycles. The molecule has 0 aliphatic carbocycles. The number of aliphatic hydroxyl groups is 1. The Kier molecular flexibility index (Phi) is 4.43. The number of carbonyl (C=O) groups excluding carboxylic acids is 1. The van der Waals surface area contributed by atoms with Gasteiger partial charge in [0.15, 0.2) is 0 Å². The highest BCUT2D eigenvalue weighted by Gasteiger charge is 2.28. The van der Waals surface area contributed by atoms with Gasteiger partial charge in [0.1, 0.15) is 6.61 Å². The molecule has 1 aliphatic heterocycles. The zero-order valence-electron chi connectivity index (χ0n) is 11.7. The zero-order chi connectivity index (χ0) is 13.8.